The molecule has 0 aliphatic heterocycles. The lowest BCUT2D eigenvalue weighted by Crippen LogP contribution is -2.14. The Bertz CT molecular complexity index is 2520. The third-order valence-electron chi connectivity index (χ3n) is 10.5. The summed E-state index contributed by atoms with van der Waals surface area (Å²) in [4.78, 5) is 0. The first-order valence-corrected chi connectivity index (χ1v) is 16.9. The van der Waals surface area contributed by atoms with Gasteiger partial charge in [0.25, 0.3) is 0 Å². The Kier molecular flexibility index (Phi) is 6.49. The molecule has 0 unspecified atom stereocenters. The van der Waals surface area contributed by atoms with E-state index in [1.165, 1.54) is 93.9 Å². The molecule has 228 valence electrons. The topological polar surface area (TPSA) is 0 Å². The zero-order valence-electron chi connectivity index (χ0n) is 27.6. The van der Waals surface area contributed by atoms with Crippen molar-refractivity contribution in [3.8, 4) is 55.6 Å². The first-order valence-electron chi connectivity index (χ1n) is 16.9. The molecule has 0 N–H and O–H groups in total. The molecule has 0 radical (unpaired) electrons. The highest BCUT2D eigenvalue weighted by molar-refractivity contribution is 6.22. The summed E-state index contributed by atoms with van der Waals surface area (Å²) in [6, 6.07) is 60.8. The highest BCUT2D eigenvalue weighted by atomic mass is 14.4. The van der Waals surface area contributed by atoms with Gasteiger partial charge in [-0.25, -0.2) is 0 Å². The van der Waals surface area contributed by atoms with Gasteiger partial charge in [-0.3, -0.25) is 0 Å². The molecule has 1 aliphatic rings. The van der Waals surface area contributed by atoms with Crippen molar-refractivity contribution in [2.45, 2.75) is 26.2 Å². The third kappa shape index (κ3) is 4.44. The summed E-state index contributed by atoms with van der Waals surface area (Å²) in [5, 5.41) is 5.17. The van der Waals surface area contributed by atoms with E-state index < -0.39 is 0 Å². The van der Waals surface area contributed by atoms with Crippen LogP contribution in [0.4, 0.5) is 0 Å². The fourth-order valence-corrected chi connectivity index (χ4v) is 8.13. The van der Waals surface area contributed by atoms with Crippen molar-refractivity contribution >= 4 is 21.5 Å². The summed E-state index contributed by atoms with van der Waals surface area (Å²) >= 11 is 0. The summed E-state index contributed by atoms with van der Waals surface area (Å²) in [7, 11) is 0. The fraction of sp³-hybridized carbons (Fsp3) is 0.0833. The molecule has 48 heavy (non-hydrogen) atoms. The van der Waals surface area contributed by atoms with Crippen molar-refractivity contribution in [3.05, 3.63) is 180 Å². The Balaban J connectivity index is 1.42. The summed E-state index contributed by atoms with van der Waals surface area (Å²) in [6.45, 7) is 6.98. The minimum Gasteiger partial charge on any atom is -0.0622 e. The molecule has 0 saturated carbocycles. The van der Waals surface area contributed by atoms with Gasteiger partial charge in [-0.2, -0.15) is 0 Å². The summed E-state index contributed by atoms with van der Waals surface area (Å²) < 4.78 is 0. The van der Waals surface area contributed by atoms with Crippen molar-refractivity contribution in [1.29, 1.82) is 0 Å². The fourth-order valence-electron chi connectivity index (χ4n) is 8.13. The average Bonchev–Trinajstić information content (AvgIpc) is 3.36. The van der Waals surface area contributed by atoms with E-state index in [1.54, 1.807) is 0 Å². The van der Waals surface area contributed by atoms with Crippen molar-refractivity contribution in [1.82, 2.24) is 0 Å². The molecule has 8 aromatic rings. The van der Waals surface area contributed by atoms with Crippen LogP contribution in [-0.4, -0.2) is 0 Å². The monoisotopic (exact) mass is 612 g/mol. The second-order valence-corrected chi connectivity index (χ2v) is 13.8. The first kappa shape index (κ1) is 28.5. The smallest absolute Gasteiger partial charge is 0.0159 e. The van der Waals surface area contributed by atoms with E-state index in [4.69, 9.17) is 0 Å². The largest absolute Gasteiger partial charge is 0.0622 e. The van der Waals surface area contributed by atoms with Crippen LogP contribution < -0.4 is 0 Å². The number of hydrogen-bond acceptors (Lipinski definition) is 0. The van der Waals surface area contributed by atoms with Crippen LogP contribution in [0.15, 0.2) is 164 Å². The predicted octanol–water partition coefficient (Wildman–Crippen LogP) is 13.3. The van der Waals surface area contributed by atoms with Crippen LogP contribution in [0.3, 0.4) is 0 Å². The van der Waals surface area contributed by atoms with E-state index in [0.29, 0.717) is 0 Å². The van der Waals surface area contributed by atoms with E-state index >= 15 is 0 Å². The van der Waals surface area contributed by atoms with Crippen LogP contribution >= 0.6 is 0 Å². The van der Waals surface area contributed by atoms with Crippen LogP contribution in [0.5, 0.6) is 0 Å². The van der Waals surface area contributed by atoms with Crippen LogP contribution in [0, 0.1) is 6.92 Å². The molecular formula is C48H36. The lowest BCUT2D eigenvalue weighted by atomic mass is 9.79. The Morgan fingerprint density at radius 3 is 1.48 bits per heavy atom. The van der Waals surface area contributed by atoms with Gasteiger partial charge in [-0.15, -0.1) is 0 Å². The van der Waals surface area contributed by atoms with Gasteiger partial charge >= 0.3 is 0 Å². The molecule has 0 nitrogen and oxygen atoms in total. The Morgan fingerprint density at radius 2 is 0.833 bits per heavy atom. The zero-order valence-corrected chi connectivity index (χ0v) is 27.6. The van der Waals surface area contributed by atoms with E-state index in [0.717, 1.165) is 0 Å². The number of rotatable bonds is 4. The Labute approximate surface area is 283 Å². The minimum absolute atomic E-state index is 0.0990. The van der Waals surface area contributed by atoms with Gasteiger partial charge in [-0.1, -0.05) is 159 Å². The molecule has 0 saturated heterocycles. The molecule has 0 spiro atoms. The number of fused-ring (bicyclic) bond motifs is 5. The molecule has 0 bridgehead atoms. The van der Waals surface area contributed by atoms with Gasteiger partial charge in [-0.05, 0) is 119 Å². The number of aryl methyl sites for hydroxylation is 1. The third-order valence-corrected chi connectivity index (χ3v) is 10.5. The summed E-state index contributed by atoms with van der Waals surface area (Å²) in [6.07, 6.45) is 0. The van der Waals surface area contributed by atoms with Gasteiger partial charge in [0.15, 0.2) is 0 Å². The lowest BCUT2D eigenvalue weighted by Gasteiger charge is -2.24. The number of benzene rings is 8. The second-order valence-electron chi connectivity index (χ2n) is 13.8. The van der Waals surface area contributed by atoms with Gasteiger partial charge in [0.1, 0.15) is 0 Å². The summed E-state index contributed by atoms with van der Waals surface area (Å²) in [5.41, 5.74) is 16.7. The van der Waals surface area contributed by atoms with E-state index in [1.807, 2.05) is 0 Å². The first-order chi connectivity index (χ1) is 23.5. The van der Waals surface area contributed by atoms with Gasteiger partial charge in [0.2, 0.25) is 0 Å². The maximum atomic E-state index is 2.53. The van der Waals surface area contributed by atoms with Crippen molar-refractivity contribution in [2.24, 2.45) is 0 Å². The predicted molar refractivity (Wildman–Crippen MR) is 205 cm³/mol. The molecular weight excluding hydrogens is 577 g/mol. The highest BCUT2D eigenvalue weighted by Crippen LogP contribution is 2.53. The maximum absolute atomic E-state index is 2.53. The molecule has 0 amide bonds. The lowest BCUT2D eigenvalue weighted by molar-refractivity contribution is 0.661. The zero-order chi connectivity index (χ0) is 32.4. The molecule has 0 atom stereocenters. The van der Waals surface area contributed by atoms with Gasteiger partial charge in [0.05, 0.1) is 0 Å². The minimum atomic E-state index is -0.0990. The van der Waals surface area contributed by atoms with E-state index in [-0.39, 0.29) is 5.41 Å². The molecule has 9 rings (SSSR count). The average molecular weight is 613 g/mol. The molecule has 1 aliphatic carbocycles. The number of hydrogen-bond donors (Lipinski definition) is 0. The van der Waals surface area contributed by atoms with Gasteiger partial charge in [0, 0.05) is 5.41 Å². The quantitative estimate of drug-likeness (QED) is 0.173. The standard InChI is InChI=1S/C48H36/c1-31-24-25-39-41(26-31)47(37-21-13-19-35(28-37)33-16-8-5-9-17-33)43-30-45-40(38-22-10-11-23-44(38)48(45,2)3)29-42(43)46(39)36-20-12-18-34(27-36)32-14-6-4-7-15-32/h4-30H,1-3H3. The SMILES string of the molecule is Cc1ccc2c(-c3cccc(-c4ccccc4)c3)c3cc4c(cc3c(-c3cccc(-c5ccccc5)c3)c2c1)C(C)(C)c1ccccc1-4. The molecule has 8 aromatic carbocycles. The molecule has 0 aromatic heterocycles. The van der Waals surface area contributed by atoms with Crippen LogP contribution in [-0.2, 0) is 5.41 Å². The van der Waals surface area contributed by atoms with Crippen LogP contribution in [0.1, 0.15) is 30.5 Å². The van der Waals surface area contributed by atoms with Crippen molar-refractivity contribution in [3.63, 3.8) is 0 Å². The maximum Gasteiger partial charge on any atom is 0.0159 e. The Hall–Kier alpha value is -5.72. The molecule has 0 fully saturated rings. The van der Waals surface area contributed by atoms with Crippen LogP contribution in [0.25, 0.3) is 77.2 Å². The summed E-state index contributed by atoms with van der Waals surface area (Å²) in [5.74, 6) is 0. The highest BCUT2D eigenvalue weighted by Gasteiger charge is 2.36. The van der Waals surface area contributed by atoms with Crippen molar-refractivity contribution in [2.75, 3.05) is 0 Å². The second kappa shape index (κ2) is 10.9. The normalized spacial score (nSPS) is 13.1. The molecule has 0 heteroatoms. The Morgan fingerprint density at radius 1 is 0.333 bits per heavy atom. The van der Waals surface area contributed by atoms with E-state index in [2.05, 4.69) is 185 Å². The van der Waals surface area contributed by atoms with Gasteiger partial charge < -0.3 is 0 Å². The van der Waals surface area contributed by atoms with Crippen molar-refractivity contribution < 1.29 is 0 Å². The van der Waals surface area contributed by atoms with Crippen LogP contribution in [0.2, 0.25) is 0 Å². The molecule has 0 heterocycles. The van der Waals surface area contributed by atoms with E-state index in [9.17, 15) is 0 Å².